The van der Waals surface area contributed by atoms with E-state index in [0.717, 1.165) is 35.2 Å². The zero-order chi connectivity index (χ0) is 15.9. The molecule has 0 aliphatic carbocycles. The van der Waals surface area contributed by atoms with E-state index in [-0.39, 0.29) is 5.91 Å². The Balaban J connectivity index is 2.25. The van der Waals surface area contributed by atoms with E-state index < -0.39 is 0 Å². The highest BCUT2D eigenvalue weighted by Gasteiger charge is 2.11. The van der Waals surface area contributed by atoms with Crippen LogP contribution in [0.4, 0.5) is 5.69 Å². The van der Waals surface area contributed by atoms with Crippen LogP contribution in [0.3, 0.4) is 0 Å². The maximum absolute atomic E-state index is 12.0. The summed E-state index contributed by atoms with van der Waals surface area (Å²) in [6.07, 6.45) is 4.36. The van der Waals surface area contributed by atoms with Crippen LogP contribution in [0.5, 0.6) is 5.75 Å². The van der Waals surface area contributed by atoms with Gasteiger partial charge in [-0.25, -0.2) is 0 Å². The molecule has 1 N–H and O–H groups in total. The summed E-state index contributed by atoms with van der Waals surface area (Å²) in [5.74, 6) is 1.13. The molecular weight excluding hydrogens is 276 g/mol. The quantitative estimate of drug-likeness (QED) is 0.771. The van der Waals surface area contributed by atoms with Gasteiger partial charge in [-0.05, 0) is 36.6 Å². The zero-order valence-corrected chi connectivity index (χ0v) is 13.6. The van der Waals surface area contributed by atoms with Crippen LogP contribution in [-0.2, 0) is 4.79 Å². The number of unbranched alkanes of at least 4 members (excludes halogenated alkanes) is 1. The molecule has 0 bridgehead atoms. The number of carbonyl (C=O) groups is 1. The van der Waals surface area contributed by atoms with E-state index >= 15 is 0 Å². The monoisotopic (exact) mass is 300 g/mol. The molecule has 0 spiro atoms. The van der Waals surface area contributed by atoms with E-state index in [2.05, 4.69) is 17.2 Å². The van der Waals surface area contributed by atoms with Crippen molar-refractivity contribution in [1.82, 2.24) is 4.98 Å². The lowest BCUT2D eigenvalue weighted by molar-refractivity contribution is -0.116. The summed E-state index contributed by atoms with van der Waals surface area (Å²) in [6, 6.07) is 7.61. The van der Waals surface area contributed by atoms with Gasteiger partial charge in [-0.1, -0.05) is 27.2 Å². The van der Waals surface area contributed by atoms with E-state index in [1.807, 2.05) is 38.1 Å². The Hall–Kier alpha value is -2.10. The predicted octanol–water partition coefficient (Wildman–Crippen LogP) is 4.40. The van der Waals surface area contributed by atoms with Crippen LogP contribution >= 0.6 is 0 Å². The van der Waals surface area contributed by atoms with Crippen LogP contribution in [0, 0.1) is 5.92 Å². The molecule has 1 aromatic carbocycles. The second kappa shape index (κ2) is 7.78. The minimum atomic E-state index is 0.0276. The first-order valence-electron chi connectivity index (χ1n) is 7.92. The molecule has 0 aliphatic heterocycles. The summed E-state index contributed by atoms with van der Waals surface area (Å²) in [4.78, 5) is 16.4. The van der Waals surface area contributed by atoms with Crippen molar-refractivity contribution in [3.63, 3.8) is 0 Å². The van der Waals surface area contributed by atoms with Gasteiger partial charge in [0, 0.05) is 18.0 Å². The Morgan fingerprint density at radius 3 is 2.86 bits per heavy atom. The molecule has 1 amide bonds. The number of hydrogen-bond acceptors (Lipinski definition) is 3. The molecular formula is C18H24N2O2. The second-order valence-corrected chi connectivity index (χ2v) is 5.86. The zero-order valence-electron chi connectivity index (χ0n) is 13.6. The Labute approximate surface area is 131 Å². The maximum Gasteiger partial charge on any atom is 0.224 e. The summed E-state index contributed by atoms with van der Waals surface area (Å²) < 4.78 is 5.81. The number of aromatic nitrogens is 1. The fourth-order valence-corrected chi connectivity index (χ4v) is 2.27. The summed E-state index contributed by atoms with van der Waals surface area (Å²) in [5, 5.41) is 3.89. The third-order valence-electron chi connectivity index (χ3n) is 3.36. The number of hydrogen-bond donors (Lipinski definition) is 1. The molecule has 0 fully saturated rings. The molecule has 4 nitrogen and oxygen atoms in total. The number of fused-ring (bicyclic) bond motifs is 1. The number of nitrogens with one attached hydrogen (secondary N) is 1. The molecule has 2 aromatic rings. The third-order valence-corrected chi connectivity index (χ3v) is 3.36. The first-order chi connectivity index (χ1) is 10.6. The van der Waals surface area contributed by atoms with Gasteiger partial charge in [0.25, 0.3) is 0 Å². The standard InChI is InChI=1S/C18H24N2O2/c1-4-5-11-22-16-9-8-15(20-17(21)12-13(2)3)14-7-6-10-19-18(14)16/h6-10,13H,4-5,11-12H2,1-3H3,(H,20,21). The minimum Gasteiger partial charge on any atom is -0.491 e. The summed E-state index contributed by atoms with van der Waals surface area (Å²) in [6.45, 7) is 6.88. The van der Waals surface area contributed by atoms with E-state index in [0.29, 0.717) is 18.9 Å². The summed E-state index contributed by atoms with van der Waals surface area (Å²) >= 11 is 0. The van der Waals surface area contributed by atoms with E-state index in [4.69, 9.17) is 4.74 Å². The van der Waals surface area contributed by atoms with Gasteiger partial charge in [0.05, 0.1) is 12.3 Å². The summed E-state index contributed by atoms with van der Waals surface area (Å²) in [5.41, 5.74) is 1.58. The number of ether oxygens (including phenoxy) is 1. The number of carbonyl (C=O) groups excluding carboxylic acids is 1. The lowest BCUT2D eigenvalue weighted by Gasteiger charge is -2.13. The molecule has 0 unspecified atom stereocenters. The van der Waals surface area contributed by atoms with Gasteiger partial charge < -0.3 is 10.1 Å². The number of pyridine rings is 1. The van der Waals surface area contributed by atoms with Crippen molar-refractivity contribution in [1.29, 1.82) is 0 Å². The Morgan fingerprint density at radius 1 is 1.32 bits per heavy atom. The first kappa shape index (κ1) is 16.3. The maximum atomic E-state index is 12.0. The van der Waals surface area contributed by atoms with E-state index in [9.17, 15) is 4.79 Å². The summed E-state index contributed by atoms with van der Waals surface area (Å²) in [7, 11) is 0. The number of anilines is 1. The third kappa shape index (κ3) is 4.20. The van der Waals surface area contributed by atoms with Gasteiger partial charge in [-0.2, -0.15) is 0 Å². The molecule has 22 heavy (non-hydrogen) atoms. The van der Waals surface area contributed by atoms with Crippen molar-refractivity contribution in [2.75, 3.05) is 11.9 Å². The highest BCUT2D eigenvalue weighted by molar-refractivity contribution is 6.02. The van der Waals surface area contributed by atoms with Crippen molar-refractivity contribution in [3.05, 3.63) is 30.5 Å². The van der Waals surface area contributed by atoms with Crippen LogP contribution in [0.25, 0.3) is 10.9 Å². The number of amides is 1. The molecule has 4 heteroatoms. The van der Waals surface area contributed by atoms with Crippen molar-refractivity contribution in [2.24, 2.45) is 5.92 Å². The topological polar surface area (TPSA) is 51.2 Å². The molecule has 1 heterocycles. The van der Waals surface area contributed by atoms with Crippen molar-refractivity contribution >= 4 is 22.5 Å². The van der Waals surface area contributed by atoms with Crippen molar-refractivity contribution in [2.45, 2.75) is 40.0 Å². The minimum absolute atomic E-state index is 0.0276. The van der Waals surface area contributed by atoms with Gasteiger partial charge >= 0.3 is 0 Å². The van der Waals surface area contributed by atoms with Crippen LogP contribution in [-0.4, -0.2) is 17.5 Å². The highest BCUT2D eigenvalue weighted by Crippen LogP contribution is 2.30. The smallest absolute Gasteiger partial charge is 0.224 e. The first-order valence-corrected chi connectivity index (χ1v) is 7.92. The second-order valence-electron chi connectivity index (χ2n) is 5.86. The number of benzene rings is 1. The Morgan fingerprint density at radius 2 is 2.14 bits per heavy atom. The molecule has 0 aliphatic rings. The average molecular weight is 300 g/mol. The van der Waals surface area contributed by atoms with E-state index in [1.165, 1.54) is 0 Å². The molecule has 0 atom stereocenters. The lowest BCUT2D eigenvalue weighted by Crippen LogP contribution is -2.14. The van der Waals surface area contributed by atoms with Gasteiger partial charge in [0.1, 0.15) is 11.3 Å². The predicted molar refractivity (Wildman–Crippen MR) is 90.2 cm³/mol. The lowest BCUT2D eigenvalue weighted by atomic mass is 10.1. The van der Waals surface area contributed by atoms with Gasteiger partial charge in [0.15, 0.2) is 0 Å². The largest absolute Gasteiger partial charge is 0.491 e. The average Bonchev–Trinajstić information content (AvgIpc) is 2.48. The number of rotatable bonds is 7. The van der Waals surface area contributed by atoms with Crippen LogP contribution in [0.1, 0.15) is 40.0 Å². The molecule has 0 saturated heterocycles. The SMILES string of the molecule is CCCCOc1ccc(NC(=O)CC(C)C)c2cccnc12. The van der Waals surface area contributed by atoms with Crippen molar-refractivity contribution < 1.29 is 9.53 Å². The molecule has 1 aromatic heterocycles. The Bertz CT molecular complexity index is 638. The molecule has 118 valence electrons. The Kier molecular flexibility index (Phi) is 5.75. The molecule has 2 rings (SSSR count). The van der Waals surface area contributed by atoms with Crippen LogP contribution in [0.15, 0.2) is 30.5 Å². The highest BCUT2D eigenvalue weighted by atomic mass is 16.5. The molecule has 0 saturated carbocycles. The van der Waals surface area contributed by atoms with Crippen LogP contribution in [0.2, 0.25) is 0 Å². The normalized spacial score (nSPS) is 10.9. The van der Waals surface area contributed by atoms with Gasteiger partial charge in [-0.15, -0.1) is 0 Å². The van der Waals surface area contributed by atoms with Crippen molar-refractivity contribution in [3.8, 4) is 5.75 Å². The van der Waals surface area contributed by atoms with E-state index in [1.54, 1.807) is 6.20 Å². The number of nitrogens with zero attached hydrogens (tertiary/aromatic N) is 1. The van der Waals surface area contributed by atoms with Gasteiger partial charge in [-0.3, -0.25) is 9.78 Å². The fourth-order valence-electron chi connectivity index (χ4n) is 2.27. The van der Waals surface area contributed by atoms with Gasteiger partial charge in [0.2, 0.25) is 5.91 Å². The fraction of sp³-hybridized carbons (Fsp3) is 0.444. The van der Waals surface area contributed by atoms with Crippen LogP contribution < -0.4 is 10.1 Å². The molecule has 0 radical (unpaired) electrons.